The second-order valence-corrected chi connectivity index (χ2v) is 11.0. The molecule has 0 radical (unpaired) electrons. The lowest BCUT2D eigenvalue weighted by Crippen LogP contribution is -1.92. The minimum atomic E-state index is 0.907. The molecule has 0 unspecified atom stereocenters. The van der Waals surface area contributed by atoms with Gasteiger partial charge >= 0.3 is 0 Å². The smallest absolute Gasteiger partial charge is 0.165 e. The Labute approximate surface area is 240 Å². The second kappa shape index (κ2) is 7.93. The zero-order chi connectivity index (χ0) is 27.4. The molecule has 0 aliphatic heterocycles. The van der Waals surface area contributed by atoms with Gasteiger partial charge in [0, 0.05) is 32.6 Å². The van der Waals surface area contributed by atoms with E-state index < -0.39 is 0 Å². The molecule has 0 N–H and O–H groups in total. The molecule has 4 heteroatoms. The van der Waals surface area contributed by atoms with E-state index in [1.807, 2.05) is 18.2 Å². The lowest BCUT2D eigenvalue weighted by Gasteiger charge is -2.09. The molecule has 0 amide bonds. The Morgan fingerprint density at radius 3 is 1.98 bits per heavy atom. The van der Waals surface area contributed by atoms with E-state index in [1.165, 1.54) is 49.2 Å². The Balaban J connectivity index is 1.35. The molecular formula is C38H22N4. The van der Waals surface area contributed by atoms with Gasteiger partial charge in [-0.1, -0.05) is 84.9 Å². The third kappa shape index (κ3) is 2.76. The Kier molecular flexibility index (Phi) is 4.15. The summed E-state index contributed by atoms with van der Waals surface area (Å²) in [4.78, 5) is 10.4. The van der Waals surface area contributed by atoms with Crippen molar-refractivity contribution in [3.63, 3.8) is 0 Å². The molecule has 10 rings (SSSR count). The van der Waals surface area contributed by atoms with Gasteiger partial charge in [-0.15, -0.1) is 0 Å². The quantitative estimate of drug-likeness (QED) is 0.221. The summed E-state index contributed by atoms with van der Waals surface area (Å²) in [5.74, 6) is 0. The van der Waals surface area contributed by atoms with Gasteiger partial charge in [-0.2, -0.15) is 0 Å². The zero-order valence-corrected chi connectivity index (χ0v) is 22.5. The van der Waals surface area contributed by atoms with E-state index in [2.05, 4.69) is 124 Å². The van der Waals surface area contributed by atoms with Crippen molar-refractivity contribution in [2.24, 2.45) is 0 Å². The number of nitrogens with zero attached hydrogens (tertiary/aromatic N) is 4. The molecule has 0 spiro atoms. The molecule has 0 aliphatic carbocycles. The van der Waals surface area contributed by atoms with Crippen LogP contribution in [0.4, 0.5) is 0 Å². The lowest BCUT2D eigenvalue weighted by atomic mass is 9.97. The molecule has 0 aliphatic rings. The first-order valence-electron chi connectivity index (χ1n) is 14.3. The number of fused-ring (bicyclic) bond motifs is 10. The van der Waals surface area contributed by atoms with Crippen molar-refractivity contribution >= 4 is 71.2 Å². The molecule has 4 nitrogen and oxygen atoms in total. The van der Waals surface area contributed by atoms with E-state index in [9.17, 15) is 0 Å². The Bertz CT molecular complexity index is 2680. The van der Waals surface area contributed by atoms with Crippen molar-refractivity contribution in [2.75, 3.05) is 0 Å². The van der Waals surface area contributed by atoms with Crippen molar-refractivity contribution in [3.05, 3.63) is 133 Å². The van der Waals surface area contributed by atoms with E-state index in [-0.39, 0.29) is 0 Å². The van der Waals surface area contributed by atoms with Gasteiger partial charge in [0.15, 0.2) is 5.65 Å². The van der Waals surface area contributed by atoms with Crippen LogP contribution in [0.25, 0.3) is 88.0 Å². The van der Waals surface area contributed by atoms with E-state index in [0.717, 1.165) is 38.8 Å². The molecule has 194 valence electrons. The van der Waals surface area contributed by atoms with Gasteiger partial charge < -0.3 is 4.57 Å². The standard InChI is InChI=1S/C38H22N4/c1-2-10-24(11-3-1)41-32-16-8-5-13-27(32)29-22-23(18-21-34(29)41)25-19-20-28-26-12-4-9-17-33(26)42-37(28)35(25)36-38(42)40-31-15-7-6-14-30(31)39-36/h1-22H. The highest BCUT2D eigenvalue weighted by Crippen LogP contribution is 2.44. The first-order chi connectivity index (χ1) is 20.8. The minimum Gasteiger partial charge on any atom is -0.309 e. The molecule has 42 heavy (non-hydrogen) atoms. The summed E-state index contributed by atoms with van der Waals surface area (Å²) in [7, 11) is 0. The Hall–Kier alpha value is -5.74. The second-order valence-electron chi connectivity index (χ2n) is 11.0. The van der Waals surface area contributed by atoms with Crippen LogP contribution < -0.4 is 0 Å². The fourth-order valence-corrected chi connectivity index (χ4v) is 7.07. The van der Waals surface area contributed by atoms with Gasteiger partial charge in [0.05, 0.1) is 33.1 Å². The topological polar surface area (TPSA) is 35.1 Å². The highest BCUT2D eigenvalue weighted by molar-refractivity contribution is 6.26. The molecule has 0 bridgehead atoms. The summed E-state index contributed by atoms with van der Waals surface area (Å²) in [5.41, 5.74) is 11.9. The minimum absolute atomic E-state index is 0.907. The number of para-hydroxylation sites is 5. The average Bonchev–Trinajstić information content (AvgIpc) is 3.68. The maximum absolute atomic E-state index is 5.23. The average molecular weight is 535 g/mol. The number of hydrogen-bond acceptors (Lipinski definition) is 2. The van der Waals surface area contributed by atoms with Crippen LogP contribution in [0.15, 0.2) is 133 Å². The Morgan fingerprint density at radius 2 is 1.14 bits per heavy atom. The van der Waals surface area contributed by atoms with Gasteiger partial charge in [-0.25, -0.2) is 9.97 Å². The predicted octanol–water partition coefficient (Wildman–Crippen LogP) is 9.54. The van der Waals surface area contributed by atoms with E-state index in [1.54, 1.807) is 0 Å². The molecule has 0 fully saturated rings. The van der Waals surface area contributed by atoms with Crippen molar-refractivity contribution in [2.45, 2.75) is 0 Å². The van der Waals surface area contributed by atoms with Crippen LogP contribution in [-0.4, -0.2) is 18.9 Å². The van der Waals surface area contributed by atoms with Gasteiger partial charge in [-0.3, -0.25) is 4.40 Å². The summed E-state index contributed by atoms with van der Waals surface area (Å²) in [6.07, 6.45) is 0. The number of rotatable bonds is 2. The highest BCUT2D eigenvalue weighted by atomic mass is 15.0. The van der Waals surface area contributed by atoms with Gasteiger partial charge in [-0.05, 0) is 59.7 Å². The molecular weight excluding hydrogens is 512 g/mol. The van der Waals surface area contributed by atoms with Crippen molar-refractivity contribution in [1.82, 2.24) is 18.9 Å². The summed E-state index contributed by atoms with van der Waals surface area (Å²) < 4.78 is 4.68. The van der Waals surface area contributed by atoms with Crippen molar-refractivity contribution in [1.29, 1.82) is 0 Å². The van der Waals surface area contributed by atoms with Gasteiger partial charge in [0.25, 0.3) is 0 Å². The number of benzene rings is 6. The fraction of sp³-hybridized carbons (Fsp3) is 0. The van der Waals surface area contributed by atoms with E-state index >= 15 is 0 Å². The van der Waals surface area contributed by atoms with Crippen LogP contribution in [0.5, 0.6) is 0 Å². The summed E-state index contributed by atoms with van der Waals surface area (Å²) in [5, 5.41) is 6.11. The number of aromatic nitrogens is 4. The van der Waals surface area contributed by atoms with E-state index in [0.29, 0.717) is 0 Å². The van der Waals surface area contributed by atoms with Crippen LogP contribution >= 0.6 is 0 Å². The van der Waals surface area contributed by atoms with Gasteiger partial charge in [0.1, 0.15) is 5.52 Å². The maximum atomic E-state index is 5.23. The molecule has 4 heterocycles. The predicted molar refractivity (Wildman–Crippen MR) is 174 cm³/mol. The summed E-state index contributed by atoms with van der Waals surface area (Å²) >= 11 is 0. The Morgan fingerprint density at radius 1 is 0.476 bits per heavy atom. The molecule has 4 aromatic heterocycles. The van der Waals surface area contributed by atoms with Crippen LogP contribution in [-0.2, 0) is 0 Å². The van der Waals surface area contributed by atoms with E-state index in [4.69, 9.17) is 9.97 Å². The van der Waals surface area contributed by atoms with Crippen LogP contribution in [0.1, 0.15) is 0 Å². The summed E-state index contributed by atoms with van der Waals surface area (Å²) in [6.45, 7) is 0. The zero-order valence-electron chi connectivity index (χ0n) is 22.5. The van der Waals surface area contributed by atoms with Crippen molar-refractivity contribution < 1.29 is 0 Å². The lowest BCUT2D eigenvalue weighted by molar-refractivity contribution is 1.18. The normalized spacial score (nSPS) is 12.3. The number of hydrogen-bond donors (Lipinski definition) is 0. The highest BCUT2D eigenvalue weighted by Gasteiger charge is 2.23. The third-order valence-electron chi connectivity index (χ3n) is 8.84. The van der Waals surface area contributed by atoms with Gasteiger partial charge in [0.2, 0.25) is 0 Å². The molecule has 6 aromatic carbocycles. The SMILES string of the molecule is c1ccc(-n2c3ccccc3c3cc(-c4ccc5c6ccccc6n6c7nc8ccccc8nc7c4c56)ccc32)cc1. The first kappa shape index (κ1) is 22.0. The fourth-order valence-electron chi connectivity index (χ4n) is 7.07. The molecule has 0 atom stereocenters. The van der Waals surface area contributed by atoms with Crippen LogP contribution in [0, 0.1) is 0 Å². The van der Waals surface area contributed by atoms with Crippen molar-refractivity contribution in [3.8, 4) is 16.8 Å². The molecule has 10 aromatic rings. The molecule has 0 saturated heterocycles. The monoisotopic (exact) mass is 534 g/mol. The largest absolute Gasteiger partial charge is 0.309 e. The van der Waals surface area contributed by atoms with Crippen LogP contribution in [0.3, 0.4) is 0 Å². The summed E-state index contributed by atoms with van der Waals surface area (Å²) in [6, 6.07) is 47.5. The first-order valence-corrected chi connectivity index (χ1v) is 14.3. The van der Waals surface area contributed by atoms with Crippen LogP contribution in [0.2, 0.25) is 0 Å². The molecule has 0 saturated carbocycles. The maximum Gasteiger partial charge on any atom is 0.165 e. The third-order valence-corrected chi connectivity index (χ3v) is 8.84.